The molecule has 2 unspecified atom stereocenters. The molecule has 2 aliphatic heterocycles. The van der Waals surface area contributed by atoms with E-state index in [-0.39, 0.29) is 11.8 Å². The zero-order valence-corrected chi connectivity index (χ0v) is 14.8. The van der Waals surface area contributed by atoms with Crippen LogP contribution < -0.4 is 5.43 Å². The van der Waals surface area contributed by atoms with Gasteiger partial charge in [0.05, 0.1) is 17.8 Å². The summed E-state index contributed by atoms with van der Waals surface area (Å²) < 4.78 is 5.34. The van der Waals surface area contributed by atoms with Crippen LogP contribution in [0.5, 0.6) is 0 Å². The van der Waals surface area contributed by atoms with E-state index >= 15 is 0 Å². The third-order valence-corrected chi connectivity index (χ3v) is 4.76. The number of nitrogens with one attached hydrogen (secondary N) is 1. The Kier molecular flexibility index (Phi) is 4.01. The van der Waals surface area contributed by atoms with Gasteiger partial charge in [0.25, 0.3) is 0 Å². The van der Waals surface area contributed by atoms with Gasteiger partial charge in [0.1, 0.15) is 16.6 Å². The highest BCUT2D eigenvalue weighted by molar-refractivity contribution is 6.11. The minimum absolute atomic E-state index is 0.312. The first-order chi connectivity index (χ1) is 13.0. The maximum absolute atomic E-state index is 10.9. The quantitative estimate of drug-likeness (QED) is 0.663. The predicted molar refractivity (Wildman–Crippen MR) is 98.5 cm³/mol. The molecule has 1 fully saturated rings. The number of allylic oxidation sites excluding steroid dienone is 1. The fourth-order valence-electron chi connectivity index (χ4n) is 3.45. The number of nitrogens with zero attached hydrogens (tertiary/aromatic N) is 4. The van der Waals surface area contributed by atoms with E-state index in [1.54, 1.807) is 0 Å². The van der Waals surface area contributed by atoms with Gasteiger partial charge in [0, 0.05) is 12.1 Å². The summed E-state index contributed by atoms with van der Waals surface area (Å²) in [7, 11) is 0. The number of furan rings is 1. The maximum Gasteiger partial charge on any atom is 0.433 e. The van der Waals surface area contributed by atoms with Crippen molar-refractivity contribution in [2.45, 2.75) is 20.0 Å². The van der Waals surface area contributed by atoms with Crippen molar-refractivity contribution in [3.8, 4) is 6.07 Å². The molecule has 2 atom stereocenters. The summed E-state index contributed by atoms with van der Waals surface area (Å²) in [6.45, 7) is 4.54. The van der Waals surface area contributed by atoms with Gasteiger partial charge in [0.2, 0.25) is 0 Å². The van der Waals surface area contributed by atoms with Gasteiger partial charge < -0.3 is 4.42 Å². The van der Waals surface area contributed by atoms with Crippen LogP contribution in [0.15, 0.2) is 45.8 Å². The lowest BCUT2D eigenvalue weighted by Crippen LogP contribution is -2.39. The molecule has 1 saturated heterocycles. The van der Waals surface area contributed by atoms with E-state index in [1.165, 1.54) is 12.1 Å². The maximum atomic E-state index is 10.9. The fraction of sp³-hybridized carbons (Fsp3) is 0.263. The highest BCUT2D eigenvalue weighted by atomic mass is 16.6. The predicted octanol–water partition coefficient (Wildman–Crippen LogP) is 2.93. The Morgan fingerprint density at radius 1 is 1.37 bits per heavy atom. The summed E-state index contributed by atoms with van der Waals surface area (Å²) in [5, 5.41) is 22.3. The van der Waals surface area contributed by atoms with Gasteiger partial charge in [0.15, 0.2) is 11.9 Å². The summed E-state index contributed by atoms with van der Waals surface area (Å²) in [5.41, 5.74) is 7.84. The molecule has 4 rings (SSSR count). The number of hydrogen-bond acceptors (Lipinski definition) is 7. The Labute approximate surface area is 155 Å². The van der Waals surface area contributed by atoms with Crippen molar-refractivity contribution in [3.63, 3.8) is 0 Å². The lowest BCUT2D eigenvalue weighted by Gasteiger charge is -2.31. The second kappa shape index (κ2) is 6.37. The van der Waals surface area contributed by atoms with Crippen LogP contribution in [0.3, 0.4) is 0 Å². The second-order valence-electron chi connectivity index (χ2n) is 6.64. The number of rotatable bonds is 3. The van der Waals surface area contributed by atoms with Crippen molar-refractivity contribution in [2.75, 3.05) is 6.54 Å². The molecule has 2 aromatic rings. The van der Waals surface area contributed by atoms with E-state index in [1.807, 2.05) is 37.1 Å². The van der Waals surface area contributed by atoms with E-state index in [9.17, 15) is 15.4 Å². The average Bonchev–Trinajstić information content (AvgIpc) is 3.28. The molecule has 0 radical (unpaired) electrons. The normalized spacial score (nSPS) is 21.3. The largest absolute Gasteiger partial charge is 0.433 e. The van der Waals surface area contributed by atoms with Crippen LogP contribution in [0, 0.1) is 41.2 Å². The number of aliphatic imine (C=N–C) groups is 1. The number of hydrazine groups is 1. The van der Waals surface area contributed by atoms with Gasteiger partial charge in [-0.15, -0.1) is 0 Å². The summed E-state index contributed by atoms with van der Waals surface area (Å²) in [4.78, 5) is 15.0. The number of fused-ring (bicyclic) bond motifs is 1. The summed E-state index contributed by atoms with van der Waals surface area (Å²) in [5.74, 6) is -0.357. The topological polar surface area (TPSA) is 108 Å². The van der Waals surface area contributed by atoms with Gasteiger partial charge >= 0.3 is 5.88 Å². The van der Waals surface area contributed by atoms with Crippen molar-refractivity contribution >= 4 is 17.3 Å². The standard InChI is InChI=1S/C19H17N5O3/c1-11-3-4-14(12(2)7-11)16-8-15(17-5-6-18(27-17)24(25)26)22-19-13(9-20)10-21-23(16)19/h3-8,13,19,21H,10H2,1-2H3. The third-order valence-electron chi connectivity index (χ3n) is 4.76. The van der Waals surface area contributed by atoms with Crippen LogP contribution in [0.2, 0.25) is 0 Å². The van der Waals surface area contributed by atoms with Gasteiger partial charge in [-0.05, 0) is 31.6 Å². The molecule has 0 spiro atoms. The van der Waals surface area contributed by atoms with Crippen LogP contribution in [-0.2, 0) is 0 Å². The van der Waals surface area contributed by atoms with Crippen molar-refractivity contribution < 1.29 is 9.34 Å². The number of benzene rings is 1. The highest BCUT2D eigenvalue weighted by Crippen LogP contribution is 2.34. The molecule has 1 aromatic carbocycles. The smallest absolute Gasteiger partial charge is 0.399 e. The van der Waals surface area contributed by atoms with Crippen molar-refractivity contribution in [1.82, 2.24) is 10.4 Å². The Balaban J connectivity index is 1.83. The third kappa shape index (κ3) is 2.88. The van der Waals surface area contributed by atoms with Crippen LogP contribution in [0.4, 0.5) is 5.88 Å². The molecule has 0 amide bonds. The monoisotopic (exact) mass is 363 g/mol. The first-order valence-corrected chi connectivity index (χ1v) is 8.52. The van der Waals surface area contributed by atoms with Crippen LogP contribution >= 0.6 is 0 Å². The Morgan fingerprint density at radius 3 is 2.85 bits per heavy atom. The van der Waals surface area contributed by atoms with E-state index in [4.69, 9.17) is 4.42 Å². The summed E-state index contributed by atoms with van der Waals surface area (Å²) in [6, 6.07) is 11.3. The minimum atomic E-state index is -0.580. The first-order valence-electron chi connectivity index (χ1n) is 8.52. The molecule has 0 bridgehead atoms. The summed E-state index contributed by atoms with van der Waals surface area (Å²) >= 11 is 0. The van der Waals surface area contributed by atoms with Gasteiger partial charge in [-0.3, -0.25) is 20.1 Å². The first kappa shape index (κ1) is 17.0. The molecule has 2 aliphatic rings. The SMILES string of the molecule is Cc1ccc(C2=CC(c3ccc([N+](=O)[O-])o3)=NC3C(C#N)CNN23)c(C)c1. The van der Waals surface area contributed by atoms with E-state index < -0.39 is 11.1 Å². The summed E-state index contributed by atoms with van der Waals surface area (Å²) in [6.07, 6.45) is 1.42. The molecule has 8 heteroatoms. The van der Waals surface area contributed by atoms with Crippen molar-refractivity contribution in [3.05, 3.63) is 69.0 Å². The van der Waals surface area contributed by atoms with Crippen LogP contribution in [-0.4, -0.2) is 28.4 Å². The van der Waals surface area contributed by atoms with Crippen molar-refractivity contribution in [2.24, 2.45) is 10.9 Å². The molecule has 8 nitrogen and oxygen atoms in total. The number of nitro groups is 1. The Bertz CT molecular complexity index is 1030. The van der Waals surface area contributed by atoms with Crippen LogP contribution in [0.25, 0.3) is 5.70 Å². The van der Waals surface area contributed by atoms with Crippen molar-refractivity contribution in [1.29, 1.82) is 5.26 Å². The Hall–Kier alpha value is -3.44. The number of hydrogen-bond donors (Lipinski definition) is 1. The number of aryl methyl sites for hydroxylation is 2. The highest BCUT2D eigenvalue weighted by Gasteiger charge is 2.39. The molecule has 1 aromatic heterocycles. The number of nitriles is 1. The molecular formula is C19H17N5O3. The minimum Gasteiger partial charge on any atom is -0.399 e. The van der Waals surface area contributed by atoms with Gasteiger partial charge in [-0.2, -0.15) is 5.26 Å². The van der Waals surface area contributed by atoms with Gasteiger partial charge in [-0.25, -0.2) is 5.43 Å². The molecule has 136 valence electrons. The second-order valence-corrected chi connectivity index (χ2v) is 6.64. The molecule has 1 N–H and O–H groups in total. The molecule has 0 saturated carbocycles. The van der Waals surface area contributed by atoms with Crippen LogP contribution in [0.1, 0.15) is 22.5 Å². The molecule has 3 heterocycles. The molecule has 27 heavy (non-hydrogen) atoms. The zero-order chi connectivity index (χ0) is 19.1. The van der Waals surface area contributed by atoms with E-state index in [2.05, 4.69) is 22.6 Å². The van der Waals surface area contributed by atoms with Gasteiger partial charge in [-0.1, -0.05) is 23.8 Å². The molecular weight excluding hydrogens is 346 g/mol. The fourth-order valence-corrected chi connectivity index (χ4v) is 3.45. The van der Waals surface area contributed by atoms with E-state index in [0.29, 0.717) is 18.0 Å². The zero-order valence-electron chi connectivity index (χ0n) is 14.8. The Morgan fingerprint density at radius 2 is 2.19 bits per heavy atom. The van der Waals surface area contributed by atoms with E-state index in [0.717, 1.165) is 22.4 Å². The molecule has 0 aliphatic carbocycles. The lowest BCUT2D eigenvalue weighted by atomic mass is 9.99. The average molecular weight is 363 g/mol. The lowest BCUT2D eigenvalue weighted by molar-refractivity contribution is -0.402.